The first-order chi connectivity index (χ1) is 7.72. The van der Waals surface area contributed by atoms with Gasteiger partial charge in [-0.2, -0.15) is 0 Å². The Labute approximate surface area is 97.9 Å². The maximum Gasteiger partial charge on any atom is 0.253 e. The molecule has 0 fully saturated rings. The van der Waals surface area contributed by atoms with E-state index in [1.54, 1.807) is 18.3 Å². The van der Waals surface area contributed by atoms with Gasteiger partial charge >= 0.3 is 0 Å². The summed E-state index contributed by atoms with van der Waals surface area (Å²) in [6.45, 7) is 0.216. The highest BCUT2D eigenvalue weighted by molar-refractivity contribution is 6.30. The van der Waals surface area contributed by atoms with Crippen LogP contribution in [0.2, 0.25) is 5.02 Å². The molecule has 0 amide bonds. The summed E-state index contributed by atoms with van der Waals surface area (Å²) in [5.74, 6) is 0. The van der Waals surface area contributed by atoms with Crippen molar-refractivity contribution in [1.82, 2.24) is 4.98 Å². The zero-order valence-corrected chi connectivity index (χ0v) is 9.29. The third kappa shape index (κ3) is 2.01. The average Bonchev–Trinajstić information content (AvgIpc) is 2.30. The van der Waals surface area contributed by atoms with Crippen LogP contribution in [-0.2, 0) is 6.54 Å². The van der Waals surface area contributed by atoms with Gasteiger partial charge in [-0.3, -0.25) is 4.79 Å². The van der Waals surface area contributed by atoms with E-state index in [9.17, 15) is 4.79 Å². The Hall–Kier alpha value is -1.58. The number of halogens is 1. The number of rotatable bonds is 2. The lowest BCUT2D eigenvalue weighted by Crippen LogP contribution is -2.16. The zero-order valence-electron chi connectivity index (χ0n) is 8.53. The van der Waals surface area contributed by atoms with Crippen LogP contribution in [0.5, 0.6) is 0 Å². The maximum absolute atomic E-state index is 11.5. The molecule has 1 aromatic carbocycles. The van der Waals surface area contributed by atoms with Crippen LogP contribution >= 0.6 is 11.6 Å². The van der Waals surface area contributed by atoms with E-state index in [4.69, 9.17) is 17.3 Å². The predicted octanol–water partition coefficient (Wildman–Crippen LogP) is 2.15. The van der Waals surface area contributed by atoms with E-state index >= 15 is 0 Å². The van der Waals surface area contributed by atoms with Crippen LogP contribution in [0.1, 0.15) is 5.56 Å². The topological polar surface area (TPSA) is 58.9 Å². The summed E-state index contributed by atoms with van der Waals surface area (Å²) in [5.41, 5.74) is 7.81. The van der Waals surface area contributed by atoms with Gasteiger partial charge < -0.3 is 10.7 Å². The monoisotopic (exact) mass is 234 g/mol. The highest BCUT2D eigenvalue weighted by atomic mass is 35.5. The molecule has 1 heterocycles. The lowest BCUT2D eigenvalue weighted by Gasteiger charge is -2.06. The minimum absolute atomic E-state index is 0.144. The SMILES string of the molecule is NCc1c(-c2ccc(Cl)cc2)cc[nH]c1=O. The number of nitrogens with one attached hydrogen (secondary N) is 1. The summed E-state index contributed by atoms with van der Waals surface area (Å²) in [6, 6.07) is 9.16. The van der Waals surface area contributed by atoms with E-state index in [1.807, 2.05) is 18.2 Å². The second kappa shape index (κ2) is 4.51. The van der Waals surface area contributed by atoms with Crippen molar-refractivity contribution in [3.8, 4) is 11.1 Å². The van der Waals surface area contributed by atoms with E-state index in [0.717, 1.165) is 11.1 Å². The second-order valence-corrected chi connectivity index (χ2v) is 3.85. The van der Waals surface area contributed by atoms with Crippen molar-refractivity contribution in [1.29, 1.82) is 0 Å². The number of nitrogens with two attached hydrogens (primary N) is 1. The van der Waals surface area contributed by atoms with Crippen molar-refractivity contribution in [2.45, 2.75) is 6.54 Å². The van der Waals surface area contributed by atoms with E-state index in [1.165, 1.54) is 0 Å². The van der Waals surface area contributed by atoms with Gasteiger partial charge in [-0.1, -0.05) is 23.7 Å². The van der Waals surface area contributed by atoms with Gasteiger partial charge in [-0.05, 0) is 29.3 Å². The molecule has 2 rings (SSSR count). The smallest absolute Gasteiger partial charge is 0.253 e. The highest BCUT2D eigenvalue weighted by Crippen LogP contribution is 2.22. The second-order valence-electron chi connectivity index (χ2n) is 3.41. The van der Waals surface area contributed by atoms with E-state index in [0.29, 0.717) is 10.6 Å². The van der Waals surface area contributed by atoms with Gasteiger partial charge in [-0.25, -0.2) is 0 Å². The van der Waals surface area contributed by atoms with Crippen LogP contribution in [0.25, 0.3) is 11.1 Å². The largest absolute Gasteiger partial charge is 0.329 e. The molecule has 3 N–H and O–H groups in total. The summed E-state index contributed by atoms with van der Waals surface area (Å²) >= 11 is 5.81. The first-order valence-corrected chi connectivity index (χ1v) is 5.26. The summed E-state index contributed by atoms with van der Waals surface area (Å²) in [5, 5.41) is 0.669. The van der Waals surface area contributed by atoms with E-state index in [-0.39, 0.29) is 12.1 Å². The highest BCUT2D eigenvalue weighted by Gasteiger charge is 2.06. The number of benzene rings is 1. The minimum atomic E-state index is -0.144. The molecular formula is C12H11ClN2O. The summed E-state index contributed by atoms with van der Waals surface area (Å²) in [4.78, 5) is 14.2. The Balaban J connectivity index is 2.60. The number of pyridine rings is 1. The summed E-state index contributed by atoms with van der Waals surface area (Å²) < 4.78 is 0. The molecule has 82 valence electrons. The van der Waals surface area contributed by atoms with Crippen LogP contribution in [-0.4, -0.2) is 4.98 Å². The van der Waals surface area contributed by atoms with Gasteiger partial charge in [0.15, 0.2) is 0 Å². The Kier molecular flexibility index (Phi) is 3.08. The average molecular weight is 235 g/mol. The standard InChI is InChI=1S/C12H11ClN2O/c13-9-3-1-8(2-4-9)10-5-6-15-12(16)11(10)7-14/h1-6H,7,14H2,(H,15,16). The summed E-state index contributed by atoms with van der Waals surface area (Å²) in [7, 11) is 0. The number of aromatic amines is 1. The van der Waals surface area contributed by atoms with Crippen molar-refractivity contribution in [2.75, 3.05) is 0 Å². The molecule has 0 saturated heterocycles. The molecule has 0 atom stereocenters. The number of hydrogen-bond donors (Lipinski definition) is 2. The van der Waals surface area contributed by atoms with Crippen molar-refractivity contribution in [2.24, 2.45) is 5.73 Å². The molecule has 0 unspecified atom stereocenters. The van der Waals surface area contributed by atoms with Crippen LogP contribution in [0.15, 0.2) is 41.3 Å². The van der Waals surface area contributed by atoms with Crippen molar-refractivity contribution >= 4 is 11.6 Å². The normalized spacial score (nSPS) is 10.4. The van der Waals surface area contributed by atoms with Gasteiger partial charge in [0.05, 0.1) is 0 Å². The fraction of sp³-hybridized carbons (Fsp3) is 0.0833. The number of aromatic nitrogens is 1. The van der Waals surface area contributed by atoms with Crippen molar-refractivity contribution in [3.05, 3.63) is 57.5 Å². The zero-order chi connectivity index (χ0) is 11.5. The predicted molar refractivity (Wildman–Crippen MR) is 65.4 cm³/mol. The summed E-state index contributed by atoms with van der Waals surface area (Å²) in [6.07, 6.45) is 1.62. The molecule has 0 spiro atoms. The maximum atomic E-state index is 11.5. The quantitative estimate of drug-likeness (QED) is 0.837. The fourth-order valence-corrected chi connectivity index (χ4v) is 1.74. The van der Waals surface area contributed by atoms with Crippen LogP contribution in [0, 0.1) is 0 Å². The number of H-pyrrole nitrogens is 1. The minimum Gasteiger partial charge on any atom is -0.329 e. The molecule has 3 nitrogen and oxygen atoms in total. The van der Waals surface area contributed by atoms with Gasteiger partial charge in [0.1, 0.15) is 0 Å². The molecule has 0 radical (unpaired) electrons. The molecule has 0 saturated carbocycles. The van der Waals surface area contributed by atoms with Crippen LogP contribution in [0.3, 0.4) is 0 Å². The van der Waals surface area contributed by atoms with Gasteiger partial charge in [-0.15, -0.1) is 0 Å². The third-order valence-corrected chi connectivity index (χ3v) is 2.67. The van der Waals surface area contributed by atoms with E-state index < -0.39 is 0 Å². The first-order valence-electron chi connectivity index (χ1n) is 4.89. The van der Waals surface area contributed by atoms with Crippen LogP contribution in [0.4, 0.5) is 0 Å². The molecule has 2 aromatic rings. The lowest BCUT2D eigenvalue weighted by molar-refractivity contribution is 1.02. The molecule has 0 aliphatic rings. The molecule has 0 aliphatic heterocycles. The van der Waals surface area contributed by atoms with Crippen molar-refractivity contribution < 1.29 is 0 Å². The first kappa shape index (κ1) is 10.9. The van der Waals surface area contributed by atoms with E-state index in [2.05, 4.69) is 4.98 Å². The van der Waals surface area contributed by atoms with Crippen molar-refractivity contribution in [3.63, 3.8) is 0 Å². The molecular weight excluding hydrogens is 224 g/mol. The van der Waals surface area contributed by atoms with Gasteiger partial charge in [0, 0.05) is 23.3 Å². The Bertz CT molecular complexity index is 546. The third-order valence-electron chi connectivity index (χ3n) is 2.42. The Morgan fingerprint density at radius 3 is 2.50 bits per heavy atom. The molecule has 4 heteroatoms. The fourth-order valence-electron chi connectivity index (χ4n) is 1.61. The lowest BCUT2D eigenvalue weighted by atomic mass is 10.0. The Morgan fingerprint density at radius 1 is 1.19 bits per heavy atom. The molecule has 1 aromatic heterocycles. The Morgan fingerprint density at radius 2 is 1.88 bits per heavy atom. The molecule has 16 heavy (non-hydrogen) atoms. The van der Waals surface area contributed by atoms with Crippen LogP contribution < -0.4 is 11.3 Å². The molecule has 0 bridgehead atoms. The molecule has 0 aliphatic carbocycles. The van der Waals surface area contributed by atoms with Gasteiger partial charge in [0.2, 0.25) is 0 Å². The number of hydrogen-bond acceptors (Lipinski definition) is 2. The van der Waals surface area contributed by atoms with Gasteiger partial charge in [0.25, 0.3) is 5.56 Å².